The summed E-state index contributed by atoms with van der Waals surface area (Å²) in [5, 5.41) is 9.26. The van der Waals surface area contributed by atoms with E-state index in [2.05, 4.69) is 0 Å². The molecule has 0 bridgehead atoms. The smallest absolute Gasteiger partial charge is 0.326 e. The standard InChI is InChI=1S/C15H18FNO3/c1-10-6-7-11(9-12(10)16)14(18)17-8-4-2-3-5-13(17)15(19)20/h6-7,9,13H,2-5,8H2,1H3,(H,19,20). The van der Waals surface area contributed by atoms with Gasteiger partial charge in [-0.15, -0.1) is 0 Å². The van der Waals surface area contributed by atoms with Crippen molar-refractivity contribution in [1.82, 2.24) is 4.90 Å². The van der Waals surface area contributed by atoms with Crippen molar-refractivity contribution in [3.8, 4) is 0 Å². The van der Waals surface area contributed by atoms with Crippen molar-refractivity contribution in [3.63, 3.8) is 0 Å². The van der Waals surface area contributed by atoms with Gasteiger partial charge < -0.3 is 10.0 Å². The third-order valence-corrected chi connectivity index (χ3v) is 3.72. The SMILES string of the molecule is Cc1ccc(C(=O)N2CCCCCC2C(=O)O)cc1F. The molecule has 5 heteroatoms. The van der Waals surface area contributed by atoms with Crippen molar-refractivity contribution < 1.29 is 19.1 Å². The topological polar surface area (TPSA) is 57.6 Å². The van der Waals surface area contributed by atoms with Gasteiger partial charge in [0.2, 0.25) is 0 Å². The van der Waals surface area contributed by atoms with Gasteiger partial charge in [-0.2, -0.15) is 0 Å². The number of halogens is 1. The molecule has 1 aromatic carbocycles. The Morgan fingerprint density at radius 2 is 2.05 bits per heavy atom. The molecular formula is C15H18FNO3. The summed E-state index contributed by atoms with van der Waals surface area (Å²) in [6, 6.07) is 3.46. The molecule has 1 fully saturated rings. The molecule has 1 aliphatic rings. The fourth-order valence-corrected chi connectivity index (χ4v) is 2.50. The van der Waals surface area contributed by atoms with Crippen LogP contribution in [0.5, 0.6) is 0 Å². The lowest BCUT2D eigenvalue weighted by atomic mass is 10.1. The highest BCUT2D eigenvalue weighted by Gasteiger charge is 2.31. The molecule has 0 aliphatic carbocycles. The van der Waals surface area contributed by atoms with E-state index in [0.29, 0.717) is 18.5 Å². The predicted octanol–water partition coefficient (Wildman–Crippen LogP) is 2.60. The first-order chi connectivity index (χ1) is 9.50. The number of aliphatic carboxylic acids is 1. The number of amides is 1. The number of rotatable bonds is 2. The molecule has 0 aromatic heterocycles. The summed E-state index contributed by atoms with van der Waals surface area (Å²) in [5.74, 6) is -1.84. The van der Waals surface area contributed by atoms with Crippen LogP contribution in [0.25, 0.3) is 0 Å². The maximum Gasteiger partial charge on any atom is 0.326 e. The number of benzene rings is 1. The number of carbonyl (C=O) groups is 2. The van der Waals surface area contributed by atoms with Gasteiger partial charge in [0.15, 0.2) is 0 Å². The number of likely N-dealkylation sites (tertiary alicyclic amines) is 1. The van der Waals surface area contributed by atoms with E-state index in [4.69, 9.17) is 0 Å². The fourth-order valence-electron chi connectivity index (χ4n) is 2.50. The lowest BCUT2D eigenvalue weighted by Gasteiger charge is -2.27. The first-order valence-electron chi connectivity index (χ1n) is 6.80. The Bertz CT molecular complexity index is 530. The number of hydrogen-bond acceptors (Lipinski definition) is 2. The molecule has 0 radical (unpaired) electrons. The van der Waals surface area contributed by atoms with Gasteiger partial charge in [-0.1, -0.05) is 18.9 Å². The van der Waals surface area contributed by atoms with Crippen LogP contribution >= 0.6 is 0 Å². The van der Waals surface area contributed by atoms with Crippen molar-refractivity contribution in [1.29, 1.82) is 0 Å². The third-order valence-electron chi connectivity index (χ3n) is 3.72. The minimum atomic E-state index is -0.993. The second-order valence-corrected chi connectivity index (χ2v) is 5.17. The molecule has 20 heavy (non-hydrogen) atoms. The zero-order chi connectivity index (χ0) is 14.7. The molecule has 2 rings (SSSR count). The van der Waals surface area contributed by atoms with Gasteiger partial charge in [-0.25, -0.2) is 9.18 Å². The van der Waals surface area contributed by atoms with Crippen LogP contribution in [0.2, 0.25) is 0 Å². The predicted molar refractivity (Wildman–Crippen MR) is 72.1 cm³/mol. The normalized spacial score (nSPS) is 19.5. The average Bonchev–Trinajstić information content (AvgIpc) is 2.66. The number of carboxylic acid groups (broad SMARTS) is 1. The van der Waals surface area contributed by atoms with Crippen LogP contribution in [0.15, 0.2) is 18.2 Å². The molecule has 1 saturated heterocycles. The molecule has 0 spiro atoms. The monoisotopic (exact) mass is 279 g/mol. The summed E-state index contributed by atoms with van der Waals surface area (Å²) in [6.45, 7) is 2.03. The molecule has 0 saturated carbocycles. The molecule has 1 aromatic rings. The molecule has 1 aliphatic heterocycles. The maximum atomic E-state index is 13.6. The van der Waals surface area contributed by atoms with Crippen molar-refractivity contribution in [2.45, 2.75) is 38.6 Å². The maximum absolute atomic E-state index is 13.6. The van der Waals surface area contributed by atoms with Crippen LogP contribution in [0, 0.1) is 12.7 Å². The van der Waals surface area contributed by atoms with Crippen LogP contribution in [0.1, 0.15) is 41.6 Å². The van der Waals surface area contributed by atoms with Gasteiger partial charge in [-0.05, 0) is 37.5 Å². The second kappa shape index (κ2) is 6.03. The van der Waals surface area contributed by atoms with Crippen LogP contribution in [0.3, 0.4) is 0 Å². The Morgan fingerprint density at radius 1 is 1.30 bits per heavy atom. The molecule has 108 valence electrons. The molecule has 1 atom stereocenters. The van der Waals surface area contributed by atoms with Crippen LogP contribution in [0.4, 0.5) is 4.39 Å². The van der Waals surface area contributed by atoms with Crippen LogP contribution in [-0.4, -0.2) is 34.5 Å². The molecule has 1 amide bonds. The molecule has 1 unspecified atom stereocenters. The summed E-state index contributed by atoms with van der Waals surface area (Å²) in [4.78, 5) is 25.1. The second-order valence-electron chi connectivity index (χ2n) is 5.17. The average molecular weight is 279 g/mol. The van der Waals surface area contributed by atoms with E-state index in [0.717, 1.165) is 19.3 Å². The Kier molecular flexibility index (Phi) is 4.37. The van der Waals surface area contributed by atoms with E-state index in [1.807, 2.05) is 0 Å². The Hall–Kier alpha value is -1.91. The largest absolute Gasteiger partial charge is 0.480 e. The van der Waals surface area contributed by atoms with E-state index < -0.39 is 23.7 Å². The van der Waals surface area contributed by atoms with Crippen molar-refractivity contribution in [3.05, 3.63) is 35.1 Å². The third kappa shape index (κ3) is 2.98. The number of aryl methyl sites for hydroxylation is 1. The fraction of sp³-hybridized carbons (Fsp3) is 0.467. The molecule has 1 N–H and O–H groups in total. The summed E-state index contributed by atoms with van der Waals surface area (Å²) in [7, 11) is 0. The quantitative estimate of drug-likeness (QED) is 0.905. The van der Waals surface area contributed by atoms with Crippen LogP contribution < -0.4 is 0 Å². The van der Waals surface area contributed by atoms with Crippen molar-refractivity contribution in [2.75, 3.05) is 6.54 Å². The summed E-state index contributed by atoms with van der Waals surface area (Å²) in [6.07, 6.45) is 2.94. The number of carboxylic acids is 1. The number of nitrogens with zero attached hydrogens (tertiary/aromatic N) is 1. The zero-order valence-electron chi connectivity index (χ0n) is 11.4. The van der Waals surface area contributed by atoms with Crippen molar-refractivity contribution in [2.24, 2.45) is 0 Å². The highest BCUT2D eigenvalue weighted by molar-refractivity contribution is 5.96. The van der Waals surface area contributed by atoms with Gasteiger partial charge in [0, 0.05) is 12.1 Å². The minimum Gasteiger partial charge on any atom is -0.480 e. The molecule has 4 nitrogen and oxygen atoms in total. The highest BCUT2D eigenvalue weighted by atomic mass is 19.1. The van der Waals surface area contributed by atoms with E-state index >= 15 is 0 Å². The van der Waals surface area contributed by atoms with E-state index in [-0.39, 0.29) is 5.56 Å². The summed E-state index contributed by atoms with van der Waals surface area (Å²) < 4.78 is 13.6. The van der Waals surface area contributed by atoms with Gasteiger partial charge >= 0.3 is 5.97 Å². The van der Waals surface area contributed by atoms with E-state index in [9.17, 15) is 19.1 Å². The van der Waals surface area contributed by atoms with Gasteiger partial charge in [0.1, 0.15) is 11.9 Å². The molecule has 1 heterocycles. The number of carbonyl (C=O) groups excluding carboxylic acids is 1. The summed E-state index contributed by atoms with van der Waals surface area (Å²) >= 11 is 0. The lowest BCUT2D eigenvalue weighted by Crippen LogP contribution is -2.44. The zero-order valence-corrected chi connectivity index (χ0v) is 11.4. The van der Waals surface area contributed by atoms with Crippen LogP contribution in [-0.2, 0) is 4.79 Å². The summed E-state index contributed by atoms with van der Waals surface area (Å²) in [5.41, 5.74) is 0.674. The van der Waals surface area contributed by atoms with Crippen molar-refractivity contribution >= 4 is 11.9 Å². The van der Waals surface area contributed by atoms with E-state index in [1.165, 1.54) is 17.0 Å². The molecular weight excluding hydrogens is 261 g/mol. The van der Waals surface area contributed by atoms with Gasteiger partial charge in [0.05, 0.1) is 0 Å². The first-order valence-corrected chi connectivity index (χ1v) is 6.80. The lowest BCUT2D eigenvalue weighted by molar-refractivity contribution is -0.142. The Morgan fingerprint density at radius 3 is 2.70 bits per heavy atom. The first kappa shape index (κ1) is 14.5. The van der Waals surface area contributed by atoms with E-state index in [1.54, 1.807) is 13.0 Å². The number of hydrogen-bond donors (Lipinski definition) is 1. The Labute approximate surface area is 117 Å². The minimum absolute atomic E-state index is 0.209. The Balaban J connectivity index is 2.28. The van der Waals surface area contributed by atoms with Gasteiger partial charge in [0.25, 0.3) is 5.91 Å². The van der Waals surface area contributed by atoms with Gasteiger partial charge in [-0.3, -0.25) is 4.79 Å². The highest BCUT2D eigenvalue weighted by Crippen LogP contribution is 2.20.